The van der Waals surface area contributed by atoms with Crippen molar-refractivity contribution >= 4 is 6.29 Å². The van der Waals surface area contributed by atoms with Crippen LogP contribution in [0.3, 0.4) is 0 Å². The van der Waals surface area contributed by atoms with Crippen molar-refractivity contribution in [2.45, 2.75) is 58.1 Å². The van der Waals surface area contributed by atoms with E-state index in [1.807, 2.05) is 0 Å². The first-order valence-corrected chi connectivity index (χ1v) is 7.06. The molecule has 0 aromatic carbocycles. The molecule has 0 amide bonds. The molecule has 17 heavy (non-hydrogen) atoms. The van der Waals surface area contributed by atoms with Gasteiger partial charge in [0.1, 0.15) is 6.29 Å². The van der Waals surface area contributed by atoms with Crippen molar-refractivity contribution in [2.75, 3.05) is 19.7 Å². The summed E-state index contributed by atoms with van der Waals surface area (Å²) in [4.78, 5) is 13.9. The van der Waals surface area contributed by atoms with Crippen molar-refractivity contribution in [3.05, 3.63) is 0 Å². The standard InChI is InChI=1S/C14H25NO2/c1-3-14(4-2,11-16)10-15-8-9-17-13-7-5-6-12(13)15/h11-13H,3-10H2,1-2H3. The van der Waals surface area contributed by atoms with Crippen molar-refractivity contribution in [2.24, 2.45) is 5.41 Å². The Bertz CT molecular complexity index is 263. The Kier molecular flexibility index (Phi) is 4.21. The highest BCUT2D eigenvalue weighted by Crippen LogP contribution is 2.33. The van der Waals surface area contributed by atoms with Gasteiger partial charge in [-0.1, -0.05) is 13.8 Å². The van der Waals surface area contributed by atoms with Gasteiger partial charge in [0.25, 0.3) is 0 Å². The van der Waals surface area contributed by atoms with Crippen LogP contribution in [0.15, 0.2) is 0 Å². The van der Waals surface area contributed by atoms with Crippen LogP contribution in [0.1, 0.15) is 46.0 Å². The normalized spacial score (nSPS) is 30.2. The summed E-state index contributed by atoms with van der Waals surface area (Å²) in [6.45, 7) is 7.02. The predicted molar refractivity (Wildman–Crippen MR) is 68.0 cm³/mol. The van der Waals surface area contributed by atoms with Gasteiger partial charge in [0.15, 0.2) is 0 Å². The summed E-state index contributed by atoms with van der Waals surface area (Å²) in [5.41, 5.74) is -0.134. The highest BCUT2D eigenvalue weighted by molar-refractivity contribution is 5.59. The molecule has 2 aliphatic rings. The van der Waals surface area contributed by atoms with E-state index in [9.17, 15) is 4.79 Å². The average Bonchev–Trinajstić information content (AvgIpc) is 2.85. The lowest BCUT2D eigenvalue weighted by molar-refractivity contribution is -0.121. The molecule has 3 nitrogen and oxygen atoms in total. The Hall–Kier alpha value is -0.410. The number of carbonyl (C=O) groups is 1. The lowest BCUT2D eigenvalue weighted by atomic mass is 9.83. The molecule has 0 aromatic heterocycles. The summed E-state index contributed by atoms with van der Waals surface area (Å²) in [5, 5.41) is 0. The number of hydrogen-bond acceptors (Lipinski definition) is 3. The molecule has 2 rings (SSSR count). The molecule has 0 N–H and O–H groups in total. The second-order valence-electron chi connectivity index (χ2n) is 5.57. The first-order valence-electron chi connectivity index (χ1n) is 7.06. The van der Waals surface area contributed by atoms with Crippen molar-refractivity contribution < 1.29 is 9.53 Å². The maximum absolute atomic E-state index is 11.4. The van der Waals surface area contributed by atoms with Gasteiger partial charge in [-0.05, 0) is 32.1 Å². The Balaban J connectivity index is 2.03. The molecule has 1 heterocycles. The minimum absolute atomic E-state index is 0.134. The molecule has 0 radical (unpaired) electrons. The van der Waals surface area contributed by atoms with E-state index in [0.717, 1.165) is 32.5 Å². The number of hydrogen-bond donors (Lipinski definition) is 0. The maximum Gasteiger partial charge on any atom is 0.127 e. The van der Waals surface area contributed by atoms with Crippen molar-refractivity contribution in [3.8, 4) is 0 Å². The van der Waals surface area contributed by atoms with E-state index in [4.69, 9.17) is 4.74 Å². The summed E-state index contributed by atoms with van der Waals surface area (Å²) < 4.78 is 5.82. The van der Waals surface area contributed by atoms with E-state index in [1.165, 1.54) is 25.5 Å². The highest BCUT2D eigenvalue weighted by atomic mass is 16.5. The monoisotopic (exact) mass is 239 g/mol. The van der Waals surface area contributed by atoms with E-state index >= 15 is 0 Å². The topological polar surface area (TPSA) is 29.5 Å². The highest BCUT2D eigenvalue weighted by Gasteiger charge is 2.39. The maximum atomic E-state index is 11.4. The molecule has 0 spiro atoms. The molecule has 2 atom stereocenters. The van der Waals surface area contributed by atoms with E-state index < -0.39 is 0 Å². The van der Waals surface area contributed by atoms with Gasteiger partial charge in [0.05, 0.1) is 12.7 Å². The summed E-state index contributed by atoms with van der Waals surface area (Å²) in [5.74, 6) is 0. The van der Waals surface area contributed by atoms with E-state index in [2.05, 4.69) is 18.7 Å². The number of ether oxygens (including phenoxy) is 1. The smallest absolute Gasteiger partial charge is 0.127 e. The number of fused-ring (bicyclic) bond motifs is 1. The van der Waals surface area contributed by atoms with Gasteiger partial charge in [0.2, 0.25) is 0 Å². The molecule has 3 heteroatoms. The Morgan fingerprint density at radius 1 is 1.35 bits per heavy atom. The quantitative estimate of drug-likeness (QED) is 0.689. The zero-order chi connectivity index (χ0) is 12.3. The number of morpholine rings is 1. The van der Waals surface area contributed by atoms with Gasteiger partial charge in [-0.3, -0.25) is 4.90 Å². The molecule has 1 aliphatic heterocycles. The van der Waals surface area contributed by atoms with Gasteiger partial charge in [-0.2, -0.15) is 0 Å². The summed E-state index contributed by atoms with van der Waals surface area (Å²) in [6, 6.07) is 0.571. The molecular formula is C14H25NO2. The predicted octanol–water partition coefficient (Wildman–Crippen LogP) is 2.25. The van der Waals surface area contributed by atoms with E-state index in [0.29, 0.717) is 12.1 Å². The van der Waals surface area contributed by atoms with Crippen molar-refractivity contribution in [1.29, 1.82) is 0 Å². The van der Waals surface area contributed by atoms with Crippen molar-refractivity contribution in [3.63, 3.8) is 0 Å². The van der Waals surface area contributed by atoms with Crippen LogP contribution in [0.4, 0.5) is 0 Å². The third-order valence-electron chi connectivity index (χ3n) is 4.77. The molecule has 1 aliphatic carbocycles. The fourth-order valence-electron chi connectivity index (χ4n) is 3.28. The number of nitrogens with zero attached hydrogens (tertiary/aromatic N) is 1. The van der Waals surface area contributed by atoms with Crippen LogP contribution in [0.2, 0.25) is 0 Å². The van der Waals surface area contributed by atoms with E-state index in [-0.39, 0.29) is 5.41 Å². The van der Waals surface area contributed by atoms with Crippen LogP contribution in [0, 0.1) is 5.41 Å². The van der Waals surface area contributed by atoms with Gasteiger partial charge in [-0.15, -0.1) is 0 Å². The number of rotatable bonds is 5. The van der Waals surface area contributed by atoms with Gasteiger partial charge < -0.3 is 9.53 Å². The van der Waals surface area contributed by atoms with Crippen LogP contribution in [0.5, 0.6) is 0 Å². The van der Waals surface area contributed by atoms with Crippen LogP contribution in [0.25, 0.3) is 0 Å². The molecule has 0 aromatic rings. The molecule has 1 saturated carbocycles. The lowest BCUT2D eigenvalue weighted by Gasteiger charge is -2.42. The minimum atomic E-state index is -0.134. The first kappa shape index (κ1) is 13.0. The van der Waals surface area contributed by atoms with E-state index in [1.54, 1.807) is 0 Å². The lowest BCUT2D eigenvalue weighted by Crippen LogP contribution is -2.52. The van der Waals surface area contributed by atoms with Crippen LogP contribution < -0.4 is 0 Å². The van der Waals surface area contributed by atoms with Gasteiger partial charge in [-0.25, -0.2) is 0 Å². The SMILES string of the molecule is CCC(C=O)(CC)CN1CCOC2CCCC21. The molecule has 1 saturated heterocycles. The summed E-state index contributed by atoms with van der Waals surface area (Å²) >= 11 is 0. The summed E-state index contributed by atoms with van der Waals surface area (Å²) in [7, 11) is 0. The third kappa shape index (κ3) is 2.55. The second kappa shape index (κ2) is 5.49. The fraction of sp³-hybridized carbons (Fsp3) is 0.929. The Morgan fingerprint density at radius 2 is 2.12 bits per heavy atom. The Morgan fingerprint density at radius 3 is 2.76 bits per heavy atom. The summed E-state index contributed by atoms with van der Waals surface area (Å²) in [6.07, 6.45) is 7.23. The van der Waals surface area contributed by atoms with Crippen LogP contribution >= 0.6 is 0 Å². The average molecular weight is 239 g/mol. The zero-order valence-corrected chi connectivity index (χ0v) is 11.2. The van der Waals surface area contributed by atoms with Gasteiger partial charge >= 0.3 is 0 Å². The first-order chi connectivity index (χ1) is 8.24. The minimum Gasteiger partial charge on any atom is -0.375 e. The third-order valence-corrected chi connectivity index (χ3v) is 4.77. The molecule has 98 valence electrons. The Labute approximate surface area is 105 Å². The molecule has 2 fully saturated rings. The van der Waals surface area contributed by atoms with Crippen LogP contribution in [-0.4, -0.2) is 43.0 Å². The number of carbonyl (C=O) groups excluding carboxylic acids is 1. The van der Waals surface area contributed by atoms with Crippen molar-refractivity contribution in [1.82, 2.24) is 4.90 Å². The number of aldehydes is 1. The fourth-order valence-corrected chi connectivity index (χ4v) is 3.28. The molecular weight excluding hydrogens is 214 g/mol. The van der Waals surface area contributed by atoms with Crippen LogP contribution in [-0.2, 0) is 9.53 Å². The van der Waals surface area contributed by atoms with Gasteiger partial charge in [0, 0.05) is 24.5 Å². The largest absolute Gasteiger partial charge is 0.375 e. The molecule has 0 bridgehead atoms. The zero-order valence-electron chi connectivity index (χ0n) is 11.2. The molecule has 2 unspecified atom stereocenters. The second-order valence-corrected chi connectivity index (χ2v) is 5.57.